The summed E-state index contributed by atoms with van der Waals surface area (Å²) in [6.07, 6.45) is 0.465. The number of fused-ring (bicyclic) bond motifs is 1. The predicted molar refractivity (Wildman–Crippen MR) is 87.0 cm³/mol. The van der Waals surface area contributed by atoms with Gasteiger partial charge >= 0.3 is 10.1 Å². The molecule has 0 aliphatic rings. The Morgan fingerprint density at radius 3 is 2.61 bits per heavy atom. The van der Waals surface area contributed by atoms with Gasteiger partial charge in [-0.25, -0.2) is 4.39 Å². The van der Waals surface area contributed by atoms with Gasteiger partial charge in [-0.2, -0.15) is 8.42 Å². The van der Waals surface area contributed by atoms with Gasteiger partial charge in [0.05, 0.1) is 12.5 Å². The quantitative estimate of drug-likeness (QED) is 0.288. The highest BCUT2D eigenvalue weighted by Gasteiger charge is 2.32. The highest BCUT2D eigenvalue weighted by Crippen LogP contribution is 2.29. The number of alkyl halides is 1. The summed E-state index contributed by atoms with van der Waals surface area (Å²) in [7, 11) is -4.30. The van der Waals surface area contributed by atoms with E-state index in [9.17, 15) is 12.8 Å². The molecule has 1 atom stereocenters. The van der Waals surface area contributed by atoms with Gasteiger partial charge in [0.25, 0.3) is 0 Å². The first kappa shape index (κ1) is 17.4. The van der Waals surface area contributed by atoms with Crippen molar-refractivity contribution in [2.45, 2.75) is 19.3 Å². The van der Waals surface area contributed by atoms with E-state index in [1.54, 1.807) is 31.2 Å². The second-order valence-corrected chi connectivity index (χ2v) is 6.55. The Hall–Kier alpha value is -1.99. The topological polar surface area (TPSA) is 76.0 Å². The third kappa shape index (κ3) is 3.68. The number of hydrogen-bond acceptors (Lipinski definition) is 5. The first-order valence-electron chi connectivity index (χ1n) is 7.20. The summed E-state index contributed by atoms with van der Waals surface area (Å²) < 4.78 is 42.7. The van der Waals surface area contributed by atoms with Crippen LogP contribution in [0.3, 0.4) is 0 Å². The zero-order valence-electron chi connectivity index (χ0n) is 12.6. The first-order chi connectivity index (χ1) is 11.0. The molecule has 0 amide bonds. The summed E-state index contributed by atoms with van der Waals surface area (Å²) in [6.45, 7) is 0.653. The minimum absolute atomic E-state index is 0.0596. The maximum atomic E-state index is 13.6. The van der Waals surface area contributed by atoms with Gasteiger partial charge in [0.15, 0.2) is 0 Å². The van der Waals surface area contributed by atoms with Crippen LogP contribution in [0, 0.1) is 0 Å². The van der Waals surface area contributed by atoms with Crippen LogP contribution < -0.4 is 0 Å². The van der Waals surface area contributed by atoms with Crippen molar-refractivity contribution in [1.29, 1.82) is 0 Å². The highest BCUT2D eigenvalue weighted by molar-refractivity contribution is 8.02. The minimum atomic E-state index is -4.30. The molecule has 1 unspecified atom stereocenters. The molecule has 23 heavy (non-hydrogen) atoms. The number of hydrogen-bond donors (Lipinski definition) is 1. The normalized spacial score (nSPS) is 14.1. The van der Waals surface area contributed by atoms with E-state index in [-0.39, 0.29) is 6.61 Å². The number of nitrogens with zero attached hydrogens (tertiary/aromatic N) is 1. The summed E-state index contributed by atoms with van der Waals surface area (Å²) in [4.78, 5) is 0. The first-order valence-corrected chi connectivity index (χ1v) is 8.61. The van der Waals surface area contributed by atoms with E-state index in [1.165, 1.54) is 0 Å². The molecule has 124 valence electrons. The summed E-state index contributed by atoms with van der Waals surface area (Å²) in [6, 6.07) is 12.4. The molecule has 0 bridgehead atoms. The fraction of sp³-hybridized carbons (Fsp3) is 0.312. The molecule has 2 aromatic rings. The van der Waals surface area contributed by atoms with E-state index in [1.807, 2.05) is 18.2 Å². The van der Waals surface area contributed by atoms with Gasteiger partial charge in [0, 0.05) is 0 Å². The van der Waals surface area contributed by atoms with Crippen LogP contribution in [0.15, 0.2) is 47.6 Å². The molecule has 0 spiro atoms. The molecule has 0 saturated carbocycles. The Morgan fingerprint density at radius 2 is 1.96 bits per heavy atom. The van der Waals surface area contributed by atoms with E-state index in [2.05, 4.69) is 5.16 Å². The average molecular weight is 339 g/mol. The van der Waals surface area contributed by atoms with Crippen molar-refractivity contribution in [2.24, 2.45) is 5.16 Å². The molecule has 2 aromatic carbocycles. The molecule has 2 rings (SSSR count). The third-order valence-corrected chi connectivity index (χ3v) is 4.80. The smallest absolute Gasteiger partial charge is 0.314 e. The van der Waals surface area contributed by atoms with Crippen LogP contribution in [0.25, 0.3) is 10.8 Å². The van der Waals surface area contributed by atoms with Crippen molar-refractivity contribution in [1.82, 2.24) is 0 Å². The zero-order valence-corrected chi connectivity index (χ0v) is 13.5. The monoisotopic (exact) mass is 339 g/mol. The minimum Gasteiger partial charge on any atom is -0.410 e. The largest absolute Gasteiger partial charge is 0.410 e. The van der Waals surface area contributed by atoms with Gasteiger partial charge in [0.2, 0.25) is 5.04 Å². The van der Waals surface area contributed by atoms with Crippen LogP contribution in [0.5, 0.6) is 0 Å². The molecule has 0 aliphatic carbocycles. The fourth-order valence-corrected chi connectivity index (χ4v) is 3.53. The van der Waals surface area contributed by atoms with Gasteiger partial charge in [-0.3, -0.25) is 4.18 Å². The van der Waals surface area contributed by atoms with Crippen LogP contribution in [-0.2, 0) is 14.3 Å². The maximum Gasteiger partial charge on any atom is 0.314 e. The molecule has 1 N–H and O–H groups in total. The highest BCUT2D eigenvalue weighted by atomic mass is 32.2. The van der Waals surface area contributed by atoms with E-state index in [0.717, 1.165) is 5.39 Å². The summed E-state index contributed by atoms with van der Waals surface area (Å²) >= 11 is 0. The van der Waals surface area contributed by atoms with Gasteiger partial charge in [0.1, 0.15) is 6.67 Å². The van der Waals surface area contributed by atoms with Crippen LogP contribution in [0.1, 0.15) is 24.8 Å². The van der Waals surface area contributed by atoms with Crippen LogP contribution in [0.4, 0.5) is 4.39 Å². The van der Waals surface area contributed by atoms with E-state index in [0.29, 0.717) is 17.4 Å². The lowest BCUT2D eigenvalue weighted by molar-refractivity contribution is 0.307. The van der Waals surface area contributed by atoms with Gasteiger partial charge < -0.3 is 5.21 Å². The lowest BCUT2D eigenvalue weighted by Crippen LogP contribution is -2.26. The van der Waals surface area contributed by atoms with Gasteiger partial charge in [-0.15, -0.1) is 0 Å². The number of rotatable bonds is 6. The summed E-state index contributed by atoms with van der Waals surface area (Å²) in [5.41, 5.74) is 0.432. The predicted octanol–water partition coefficient (Wildman–Crippen LogP) is 3.44. The molecular weight excluding hydrogens is 321 g/mol. The second kappa shape index (κ2) is 7.52. The summed E-state index contributed by atoms with van der Waals surface area (Å²) in [5.74, 6) is -1.23. The maximum absolute atomic E-state index is 13.6. The Labute approximate surface area is 134 Å². The van der Waals surface area contributed by atoms with Gasteiger partial charge in [-0.1, -0.05) is 54.5 Å². The van der Waals surface area contributed by atoms with Crippen molar-refractivity contribution in [3.05, 3.63) is 48.0 Å². The molecule has 0 aliphatic heterocycles. The number of oxime groups is 1. The van der Waals surface area contributed by atoms with Crippen LogP contribution in [-0.4, -0.2) is 32.0 Å². The molecule has 0 heterocycles. The van der Waals surface area contributed by atoms with Crippen LogP contribution in [0.2, 0.25) is 0 Å². The molecular formula is C16H18FNO4S. The van der Waals surface area contributed by atoms with Crippen molar-refractivity contribution in [3.8, 4) is 0 Å². The van der Waals surface area contributed by atoms with E-state index in [4.69, 9.17) is 9.39 Å². The Kier molecular flexibility index (Phi) is 5.68. The van der Waals surface area contributed by atoms with Crippen molar-refractivity contribution < 1.29 is 22.2 Å². The number of halogens is 1. The fourth-order valence-electron chi connectivity index (χ4n) is 2.38. The molecule has 0 saturated heterocycles. The molecule has 0 radical (unpaired) electrons. The van der Waals surface area contributed by atoms with Crippen molar-refractivity contribution in [3.63, 3.8) is 0 Å². The lowest BCUT2D eigenvalue weighted by atomic mass is 9.95. The Balaban J connectivity index is 2.53. The van der Waals surface area contributed by atoms with Crippen molar-refractivity contribution >= 4 is 25.9 Å². The number of benzene rings is 2. The second-order valence-electron chi connectivity index (χ2n) is 4.99. The Morgan fingerprint density at radius 1 is 1.26 bits per heavy atom. The van der Waals surface area contributed by atoms with Crippen LogP contribution >= 0.6 is 0 Å². The molecule has 5 nitrogen and oxygen atoms in total. The Bertz CT molecular complexity index is 799. The van der Waals surface area contributed by atoms with E-state index >= 15 is 0 Å². The molecule has 0 fully saturated rings. The lowest BCUT2D eigenvalue weighted by Gasteiger charge is -2.17. The SMILES string of the molecule is CCCOS(=O)(=O)C(=NO)C(CF)c1cccc2ccccc12. The zero-order chi connectivity index (χ0) is 16.9. The standard InChI is InChI=1S/C16H18FNO4S/c1-2-10-22-23(20,21)16(18-19)15(11-17)14-9-5-7-12-6-3-4-8-13(12)14/h3-9,15,19H,2,10-11H2,1H3. The summed E-state index contributed by atoms with van der Waals surface area (Å²) in [5, 5.41) is 12.8. The molecule has 0 aromatic heterocycles. The molecule has 7 heteroatoms. The average Bonchev–Trinajstić information content (AvgIpc) is 2.57. The van der Waals surface area contributed by atoms with Gasteiger partial charge in [-0.05, 0) is 22.8 Å². The third-order valence-electron chi connectivity index (χ3n) is 3.45. The van der Waals surface area contributed by atoms with Crippen molar-refractivity contribution in [2.75, 3.05) is 13.3 Å². The van der Waals surface area contributed by atoms with E-state index < -0.39 is 27.8 Å².